The Balaban J connectivity index is 1.67. The lowest BCUT2D eigenvalue weighted by Crippen LogP contribution is -2.24. The van der Waals surface area contributed by atoms with E-state index in [9.17, 15) is 4.79 Å². The Kier molecular flexibility index (Phi) is 5.42. The number of carbonyl (C=O) groups excluding carboxylic acids is 1. The Morgan fingerprint density at radius 3 is 2.39 bits per heavy atom. The molecule has 1 N–H and O–H groups in total. The van der Waals surface area contributed by atoms with Crippen LogP contribution in [0.15, 0.2) is 18.2 Å². The number of nitrogens with one attached hydrogen (secondary N) is 1. The average Bonchev–Trinajstić information content (AvgIpc) is 3.09. The van der Waals surface area contributed by atoms with Gasteiger partial charge in [-0.15, -0.1) is 0 Å². The van der Waals surface area contributed by atoms with Gasteiger partial charge in [0.25, 0.3) is 0 Å². The van der Waals surface area contributed by atoms with Crippen LogP contribution in [-0.2, 0) is 4.79 Å². The molecule has 0 saturated heterocycles. The van der Waals surface area contributed by atoms with Crippen molar-refractivity contribution >= 4 is 11.6 Å². The van der Waals surface area contributed by atoms with E-state index in [0.717, 1.165) is 55.7 Å². The van der Waals surface area contributed by atoms with E-state index in [-0.39, 0.29) is 17.9 Å². The van der Waals surface area contributed by atoms with Crippen LogP contribution < -0.4 is 14.8 Å². The van der Waals surface area contributed by atoms with Crippen LogP contribution >= 0.6 is 0 Å². The molecule has 0 aromatic heterocycles. The molecule has 1 amide bonds. The van der Waals surface area contributed by atoms with E-state index in [1.54, 1.807) is 7.11 Å². The average molecular weight is 317 g/mol. The van der Waals surface area contributed by atoms with Crippen molar-refractivity contribution in [1.29, 1.82) is 0 Å². The van der Waals surface area contributed by atoms with Crippen molar-refractivity contribution in [3.8, 4) is 11.5 Å². The van der Waals surface area contributed by atoms with Gasteiger partial charge in [0.1, 0.15) is 0 Å². The molecular formula is C19H27NO3. The molecule has 1 aromatic rings. The second-order valence-corrected chi connectivity index (χ2v) is 6.71. The zero-order chi connectivity index (χ0) is 16.1. The lowest BCUT2D eigenvalue weighted by Gasteiger charge is -2.21. The van der Waals surface area contributed by atoms with E-state index in [1.165, 1.54) is 19.3 Å². The highest BCUT2D eigenvalue weighted by Gasteiger charge is 2.22. The smallest absolute Gasteiger partial charge is 0.227 e. The van der Waals surface area contributed by atoms with Crippen LogP contribution in [0.5, 0.6) is 11.5 Å². The summed E-state index contributed by atoms with van der Waals surface area (Å²) >= 11 is 0. The molecule has 126 valence electrons. The number of methoxy groups -OCH3 is 1. The fraction of sp³-hybridized carbons (Fsp3) is 0.632. The molecule has 0 atom stereocenters. The van der Waals surface area contributed by atoms with E-state index in [0.29, 0.717) is 0 Å². The largest absolute Gasteiger partial charge is 0.493 e. The lowest BCUT2D eigenvalue weighted by molar-refractivity contribution is -0.120. The predicted octanol–water partition coefficient (Wildman–Crippen LogP) is 4.54. The third kappa shape index (κ3) is 4.18. The molecule has 0 heterocycles. The molecule has 0 bridgehead atoms. The molecule has 0 unspecified atom stereocenters. The maximum atomic E-state index is 12.4. The first-order valence-corrected chi connectivity index (χ1v) is 8.92. The molecule has 0 radical (unpaired) electrons. The molecule has 2 fully saturated rings. The van der Waals surface area contributed by atoms with Gasteiger partial charge in [-0.3, -0.25) is 4.79 Å². The molecule has 4 nitrogen and oxygen atoms in total. The molecule has 2 aliphatic rings. The number of anilines is 1. The first kappa shape index (κ1) is 16.2. The molecule has 0 spiro atoms. The van der Waals surface area contributed by atoms with Crippen LogP contribution in [0, 0.1) is 5.92 Å². The summed E-state index contributed by atoms with van der Waals surface area (Å²) < 4.78 is 11.5. The Labute approximate surface area is 138 Å². The van der Waals surface area contributed by atoms with Gasteiger partial charge in [-0.1, -0.05) is 19.3 Å². The van der Waals surface area contributed by atoms with Gasteiger partial charge < -0.3 is 14.8 Å². The first-order valence-electron chi connectivity index (χ1n) is 8.92. The summed E-state index contributed by atoms with van der Waals surface area (Å²) in [7, 11) is 1.65. The van der Waals surface area contributed by atoms with Gasteiger partial charge in [-0.2, -0.15) is 0 Å². The minimum Gasteiger partial charge on any atom is -0.493 e. The number of amides is 1. The molecule has 4 heteroatoms. The highest BCUT2D eigenvalue weighted by molar-refractivity contribution is 5.92. The Morgan fingerprint density at radius 2 is 1.70 bits per heavy atom. The highest BCUT2D eigenvalue weighted by Crippen LogP contribution is 2.34. The van der Waals surface area contributed by atoms with Gasteiger partial charge in [0.15, 0.2) is 11.5 Å². The summed E-state index contributed by atoms with van der Waals surface area (Å²) in [6.07, 6.45) is 10.5. The molecule has 2 saturated carbocycles. The summed E-state index contributed by atoms with van der Waals surface area (Å²) in [4.78, 5) is 12.4. The van der Waals surface area contributed by atoms with E-state index < -0.39 is 0 Å². The van der Waals surface area contributed by atoms with Crippen LogP contribution in [0.2, 0.25) is 0 Å². The number of benzene rings is 1. The number of hydrogen-bond acceptors (Lipinski definition) is 3. The molecule has 0 aliphatic heterocycles. The summed E-state index contributed by atoms with van der Waals surface area (Å²) in [6, 6.07) is 5.67. The van der Waals surface area contributed by atoms with Crippen LogP contribution in [0.1, 0.15) is 57.8 Å². The predicted molar refractivity (Wildman–Crippen MR) is 91.1 cm³/mol. The van der Waals surface area contributed by atoms with E-state index >= 15 is 0 Å². The van der Waals surface area contributed by atoms with E-state index in [2.05, 4.69) is 5.32 Å². The van der Waals surface area contributed by atoms with Gasteiger partial charge >= 0.3 is 0 Å². The topological polar surface area (TPSA) is 47.6 Å². The first-order chi connectivity index (χ1) is 11.3. The molecule has 2 aliphatic carbocycles. The van der Waals surface area contributed by atoms with Crippen LogP contribution in [0.3, 0.4) is 0 Å². The number of ether oxygens (including phenoxy) is 2. The van der Waals surface area contributed by atoms with Crippen LogP contribution in [-0.4, -0.2) is 19.1 Å². The Morgan fingerprint density at radius 1 is 1.00 bits per heavy atom. The summed E-state index contributed by atoms with van der Waals surface area (Å²) in [5.41, 5.74) is 0.800. The van der Waals surface area contributed by atoms with Crippen molar-refractivity contribution in [3.63, 3.8) is 0 Å². The minimum atomic E-state index is 0.140. The molecule has 23 heavy (non-hydrogen) atoms. The third-order valence-corrected chi connectivity index (χ3v) is 5.00. The van der Waals surface area contributed by atoms with Crippen molar-refractivity contribution in [2.45, 2.75) is 63.9 Å². The van der Waals surface area contributed by atoms with Crippen molar-refractivity contribution < 1.29 is 14.3 Å². The summed E-state index contributed by atoms with van der Waals surface area (Å²) in [5, 5.41) is 3.05. The number of rotatable bonds is 5. The lowest BCUT2D eigenvalue weighted by atomic mass is 9.88. The summed E-state index contributed by atoms with van der Waals surface area (Å²) in [6.45, 7) is 0. The van der Waals surface area contributed by atoms with Gasteiger partial charge in [0.2, 0.25) is 5.91 Å². The fourth-order valence-electron chi connectivity index (χ4n) is 3.64. The fourth-order valence-corrected chi connectivity index (χ4v) is 3.64. The monoisotopic (exact) mass is 317 g/mol. The second-order valence-electron chi connectivity index (χ2n) is 6.71. The number of hydrogen-bond donors (Lipinski definition) is 1. The second kappa shape index (κ2) is 7.71. The molecular weight excluding hydrogens is 290 g/mol. The van der Waals surface area contributed by atoms with Crippen LogP contribution in [0.4, 0.5) is 5.69 Å². The van der Waals surface area contributed by atoms with Crippen LogP contribution in [0.25, 0.3) is 0 Å². The Bertz CT molecular complexity index is 531. The number of carbonyl (C=O) groups is 1. The zero-order valence-electron chi connectivity index (χ0n) is 14.0. The van der Waals surface area contributed by atoms with E-state index in [1.807, 2.05) is 18.2 Å². The van der Waals surface area contributed by atoms with Crippen molar-refractivity contribution in [1.82, 2.24) is 0 Å². The minimum absolute atomic E-state index is 0.140. The van der Waals surface area contributed by atoms with E-state index in [4.69, 9.17) is 9.47 Å². The Hall–Kier alpha value is -1.71. The standard InChI is InChI=1S/C19H27NO3/c1-22-17-12-11-15(13-18(17)23-16-9-5-6-10-16)20-19(21)14-7-3-2-4-8-14/h11-14,16H,2-10H2,1H3,(H,20,21). The molecule has 1 aromatic carbocycles. The highest BCUT2D eigenvalue weighted by atomic mass is 16.5. The SMILES string of the molecule is COc1ccc(NC(=O)C2CCCCC2)cc1OC1CCCC1. The quantitative estimate of drug-likeness (QED) is 0.867. The van der Waals surface area contributed by atoms with Crippen molar-refractivity contribution in [2.75, 3.05) is 12.4 Å². The summed E-state index contributed by atoms with van der Waals surface area (Å²) in [5.74, 6) is 1.76. The van der Waals surface area contributed by atoms with Crippen molar-refractivity contribution in [2.24, 2.45) is 5.92 Å². The van der Waals surface area contributed by atoms with Gasteiger partial charge in [0.05, 0.1) is 13.2 Å². The van der Waals surface area contributed by atoms with Gasteiger partial charge in [-0.25, -0.2) is 0 Å². The zero-order valence-corrected chi connectivity index (χ0v) is 14.0. The maximum Gasteiger partial charge on any atom is 0.227 e. The third-order valence-electron chi connectivity index (χ3n) is 5.00. The normalized spacial score (nSPS) is 19.5. The van der Waals surface area contributed by atoms with Gasteiger partial charge in [-0.05, 0) is 50.7 Å². The maximum absolute atomic E-state index is 12.4. The van der Waals surface area contributed by atoms with Crippen molar-refractivity contribution in [3.05, 3.63) is 18.2 Å². The van der Waals surface area contributed by atoms with Gasteiger partial charge in [0, 0.05) is 17.7 Å². The molecule has 3 rings (SSSR count).